The Balaban J connectivity index is 1.99. The monoisotopic (exact) mass is 290 g/mol. The van der Waals surface area contributed by atoms with E-state index >= 15 is 0 Å². The maximum atomic E-state index is 13.0. The Morgan fingerprint density at radius 3 is 2.71 bits per heavy atom. The molecule has 2 aromatic rings. The summed E-state index contributed by atoms with van der Waals surface area (Å²) in [6.45, 7) is 1.79. The van der Waals surface area contributed by atoms with Crippen LogP contribution in [-0.2, 0) is 6.42 Å². The predicted octanol–water partition coefficient (Wildman–Crippen LogP) is 1.99. The number of hydrogen-bond acceptors (Lipinski definition) is 4. The van der Waals surface area contributed by atoms with Crippen molar-refractivity contribution in [2.45, 2.75) is 19.4 Å². The largest absolute Gasteiger partial charge is 0.504 e. The maximum absolute atomic E-state index is 13.0. The van der Waals surface area contributed by atoms with Gasteiger partial charge in [0.1, 0.15) is 5.82 Å². The first-order chi connectivity index (χ1) is 9.95. The van der Waals surface area contributed by atoms with Crippen molar-refractivity contribution in [1.82, 2.24) is 10.3 Å². The van der Waals surface area contributed by atoms with Gasteiger partial charge in [0.15, 0.2) is 11.5 Å². The third-order valence-corrected chi connectivity index (χ3v) is 2.93. The van der Waals surface area contributed by atoms with E-state index in [9.17, 15) is 19.4 Å². The number of carbonyl (C=O) groups excluding carboxylic acids is 1. The predicted molar refractivity (Wildman–Crippen MR) is 74.6 cm³/mol. The Kier molecular flexibility index (Phi) is 4.37. The molecule has 0 fully saturated rings. The average molecular weight is 290 g/mol. The van der Waals surface area contributed by atoms with E-state index < -0.39 is 11.7 Å². The van der Waals surface area contributed by atoms with Gasteiger partial charge in [0.2, 0.25) is 0 Å². The molecule has 0 radical (unpaired) electrons. The highest BCUT2D eigenvalue weighted by Gasteiger charge is 2.12. The van der Waals surface area contributed by atoms with Crippen molar-refractivity contribution in [3.63, 3.8) is 0 Å². The molecule has 2 rings (SSSR count). The first kappa shape index (κ1) is 14.8. The molecule has 1 atom stereocenters. The van der Waals surface area contributed by atoms with Crippen molar-refractivity contribution in [2.24, 2.45) is 0 Å². The summed E-state index contributed by atoms with van der Waals surface area (Å²) < 4.78 is 13.0. The van der Waals surface area contributed by atoms with Gasteiger partial charge in [-0.3, -0.25) is 9.78 Å². The third kappa shape index (κ3) is 3.92. The number of phenolic OH excluding ortho intramolecular Hbond substituents is 2. The van der Waals surface area contributed by atoms with Crippen molar-refractivity contribution in [2.75, 3.05) is 0 Å². The zero-order valence-electron chi connectivity index (χ0n) is 11.4. The zero-order valence-corrected chi connectivity index (χ0v) is 11.4. The molecule has 0 bridgehead atoms. The van der Waals surface area contributed by atoms with E-state index in [2.05, 4.69) is 10.3 Å². The van der Waals surface area contributed by atoms with Gasteiger partial charge >= 0.3 is 0 Å². The van der Waals surface area contributed by atoms with E-state index in [4.69, 9.17) is 0 Å². The summed E-state index contributed by atoms with van der Waals surface area (Å²) in [6, 6.07) is 5.35. The van der Waals surface area contributed by atoms with Crippen molar-refractivity contribution >= 4 is 5.91 Å². The van der Waals surface area contributed by atoms with Crippen LogP contribution in [0.15, 0.2) is 36.7 Å². The molecule has 0 aliphatic rings. The summed E-state index contributed by atoms with van der Waals surface area (Å²) in [5.41, 5.74) is 0.908. The molecule has 1 aromatic carbocycles. The Morgan fingerprint density at radius 1 is 1.29 bits per heavy atom. The number of phenols is 2. The fourth-order valence-corrected chi connectivity index (χ4v) is 1.94. The lowest BCUT2D eigenvalue weighted by molar-refractivity contribution is 0.0939. The number of rotatable bonds is 4. The molecule has 0 aliphatic heterocycles. The number of halogens is 1. The van der Waals surface area contributed by atoms with Crippen LogP contribution >= 0.6 is 0 Å². The molecule has 0 unspecified atom stereocenters. The molecule has 6 heteroatoms. The number of aromatic hydroxyl groups is 2. The summed E-state index contributed by atoms with van der Waals surface area (Å²) in [5, 5.41) is 21.4. The lowest BCUT2D eigenvalue weighted by Gasteiger charge is -2.14. The highest BCUT2D eigenvalue weighted by atomic mass is 19.1. The number of aromatic nitrogens is 1. The highest BCUT2D eigenvalue weighted by molar-refractivity contribution is 5.94. The van der Waals surface area contributed by atoms with Crippen molar-refractivity contribution in [3.8, 4) is 11.5 Å². The van der Waals surface area contributed by atoms with Crippen LogP contribution in [0.3, 0.4) is 0 Å². The number of nitrogens with one attached hydrogen (secondary N) is 1. The molecule has 0 saturated carbocycles. The van der Waals surface area contributed by atoms with Gasteiger partial charge in [0, 0.05) is 12.2 Å². The summed E-state index contributed by atoms with van der Waals surface area (Å²) in [6.07, 6.45) is 2.78. The summed E-state index contributed by atoms with van der Waals surface area (Å²) >= 11 is 0. The smallest absolute Gasteiger partial charge is 0.253 e. The van der Waals surface area contributed by atoms with Crippen LogP contribution in [0.2, 0.25) is 0 Å². The Hall–Kier alpha value is -2.63. The normalized spacial score (nSPS) is 11.9. The molecular weight excluding hydrogens is 275 g/mol. The number of hydrogen-bond donors (Lipinski definition) is 3. The number of nitrogens with zero attached hydrogens (tertiary/aromatic N) is 1. The van der Waals surface area contributed by atoms with Crippen LogP contribution in [0.5, 0.6) is 11.5 Å². The fraction of sp³-hybridized carbons (Fsp3) is 0.200. The van der Waals surface area contributed by atoms with Crippen LogP contribution in [0.25, 0.3) is 0 Å². The minimum Gasteiger partial charge on any atom is -0.504 e. The fourth-order valence-electron chi connectivity index (χ4n) is 1.94. The van der Waals surface area contributed by atoms with Crippen molar-refractivity contribution < 1.29 is 19.4 Å². The lowest BCUT2D eigenvalue weighted by Crippen LogP contribution is -2.34. The molecule has 1 amide bonds. The van der Waals surface area contributed by atoms with Gasteiger partial charge in [-0.05, 0) is 37.1 Å². The maximum Gasteiger partial charge on any atom is 0.253 e. The Labute approximate surface area is 121 Å². The Bertz CT molecular complexity index is 661. The Morgan fingerprint density at radius 2 is 2.05 bits per heavy atom. The van der Waals surface area contributed by atoms with Crippen LogP contribution < -0.4 is 5.32 Å². The average Bonchev–Trinajstić information content (AvgIpc) is 2.43. The molecule has 1 aromatic heterocycles. The van der Waals surface area contributed by atoms with Gasteiger partial charge in [-0.1, -0.05) is 6.07 Å². The topological polar surface area (TPSA) is 82.5 Å². The van der Waals surface area contributed by atoms with Crippen LogP contribution in [0, 0.1) is 5.82 Å². The molecule has 21 heavy (non-hydrogen) atoms. The van der Waals surface area contributed by atoms with E-state index in [0.717, 1.165) is 17.8 Å². The molecule has 110 valence electrons. The minimum atomic E-state index is -0.571. The van der Waals surface area contributed by atoms with E-state index in [1.807, 2.05) is 0 Å². The molecule has 3 N–H and O–H groups in total. The van der Waals surface area contributed by atoms with Crippen molar-refractivity contribution in [1.29, 1.82) is 0 Å². The first-order valence-electron chi connectivity index (χ1n) is 6.38. The van der Waals surface area contributed by atoms with Crippen LogP contribution in [0.4, 0.5) is 4.39 Å². The summed E-state index contributed by atoms with van der Waals surface area (Å²) in [7, 11) is 0. The molecule has 5 nitrogen and oxygen atoms in total. The molecule has 1 heterocycles. The second-order valence-corrected chi connectivity index (χ2v) is 4.79. The quantitative estimate of drug-likeness (QED) is 0.752. The third-order valence-electron chi connectivity index (χ3n) is 2.93. The summed E-state index contributed by atoms with van der Waals surface area (Å²) in [4.78, 5) is 15.5. The van der Waals surface area contributed by atoms with Crippen molar-refractivity contribution in [3.05, 3.63) is 53.6 Å². The second-order valence-electron chi connectivity index (χ2n) is 4.79. The zero-order chi connectivity index (χ0) is 15.4. The van der Waals surface area contributed by atoms with Crippen LogP contribution in [0.1, 0.15) is 22.8 Å². The summed E-state index contributed by atoms with van der Waals surface area (Å²) in [5.74, 6) is -1.39. The van der Waals surface area contributed by atoms with E-state index in [1.165, 1.54) is 18.3 Å². The molecule has 0 saturated heterocycles. The highest BCUT2D eigenvalue weighted by Crippen LogP contribution is 2.25. The van der Waals surface area contributed by atoms with E-state index in [1.54, 1.807) is 13.0 Å². The molecule has 0 spiro atoms. The number of carbonyl (C=O) groups is 1. The lowest BCUT2D eigenvalue weighted by atomic mass is 10.1. The minimum absolute atomic E-state index is 0.149. The molecule has 0 aliphatic carbocycles. The van der Waals surface area contributed by atoms with Gasteiger partial charge in [0.05, 0.1) is 11.8 Å². The second kappa shape index (κ2) is 6.21. The van der Waals surface area contributed by atoms with E-state index in [0.29, 0.717) is 6.42 Å². The molecular formula is C15H15FN2O3. The van der Waals surface area contributed by atoms with Gasteiger partial charge < -0.3 is 15.5 Å². The standard InChI is InChI=1S/C15H15FN2O3/c1-9(4-10-2-3-13(19)14(20)5-10)18-15(21)11-6-12(16)8-17-7-11/h2-3,5-9,19-20H,4H2,1H3,(H,18,21)/t9-/m0/s1. The van der Waals surface area contributed by atoms with E-state index in [-0.39, 0.29) is 23.1 Å². The van der Waals surface area contributed by atoms with Gasteiger partial charge in [-0.15, -0.1) is 0 Å². The number of pyridine rings is 1. The van der Waals surface area contributed by atoms with Crippen LogP contribution in [-0.4, -0.2) is 27.1 Å². The van der Waals surface area contributed by atoms with Gasteiger partial charge in [0.25, 0.3) is 5.91 Å². The number of amides is 1. The number of benzene rings is 1. The SMILES string of the molecule is C[C@@H](Cc1ccc(O)c(O)c1)NC(=O)c1cncc(F)c1. The first-order valence-corrected chi connectivity index (χ1v) is 6.38. The van der Waals surface area contributed by atoms with Gasteiger partial charge in [-0.25, -0.2) is 4.39 Å². The van der Waals surface area contributed by atoms with Gasteiger partial charge in [-0.2, -0.15) is 0 Å².